The summed E-state index contributed by atoms with van der Waals surface area (Å²) >= 11 is 0. The summed E-state index contributed by atoms with van der Waals surface area (Å²) in [6.45, 7) is 1.70. The van der Waals surface area contributed by atoms with Gasteiger partial charge >= 0.3 is 5.97 Å². The van der Waals surface area contributed by atoms with Crippen LogP contribution in [0.5, 0.6) is 0 Å². The maximum atomic E-state index is 11.9. The quantitative estimate of drug-likeness (QED) is 0.540. The van der Waals surface area contributed by atoms with Gasteiger partial charge in [-0.3, -0.25) is 4.79 Å². The molecule has 0 saturated carbocycles. The standard InChI is InChI=1S/C13H14N2O3/c1-3-5-11(13(17)18)15-12(16)9-6-4-7-10(14)8(9)2/h1,4,6-7,11H,5,14H2,2H3,(H,15,16)(H,17,18). The average Bonchev–Trinajstić information content (AvgIpc) is 2.31. The molecule has 0 fully saturated rings. The van der Waals surface area contributed by atoms with E-state index in [1.165, 1.54) is 0 Å². The molecule has 0 aromatic heterocycles. The van der Waals surface area contributed by atoms with Crippen LogP contribution >= 0.6 is 0 Å². The van der Waals surface area contributed by atoms with E-state index in [9.17, 15) is 9.59 Å². The third-order valence-electron chi connectivity index (χ3n) is 2.55. The number of anilines is 1. The molecule has 1 rings (SSSR count). The van der Waals surface area contributed by atoms with Crippen molar-refractivity contribution >= 4 is 17.6 Å². The number of hydrogen-bond acceptors (Lipinski definition) is 3. The molecule has 0 heterocycles. The van der Waals surface area contributed by atoms with Gasteiger partial charge in [0.05, 0.1) is 0 Å². The minimum absolute atomic E-state index is 0.0670. The highest BCUT2D eigenvalue weighted by atomic mass is 16.4. The molecule has 1 aromatic rings. The first-order valence-electron chi connectivity index (χ1n) is 5.29. The monoisotopic (exact) mass is 246 g/mol. The van der Waals surface area contributed by atoms with Gasteiger partial charge in [0.2, 0.25) is 0 Å². The van der Waals surface area contributed by atoms with Gasteiger partial charge in [-0.25, -0.2) is 4.79 Å². The molecule has 4 N–H and O–H groups in total. The molecule has 0 aliphatic rings. The Labute approximate surface area is 105 Å². The van der Waals surface area contributed by atoms with E-state index >= 15 is 0 Å². The van der Waals surface area contributed by atoms with Gasteiger partial charge in [-0.05, 0) is 24.6 Å². The smallest absolute Gasteiger partial charge is 0.327 e. The lowest BCUT2D eigenvalue weighted by molar-refractivity contribution is -0.139. The Hall–Kier alpha value is -2.48. The fourth-order valence-corrected chi connectivity index (χ4v) is 1.45. The first-order chi connectivity index (χ1) is 8.47. The number of nitrogens with two attached hydrogens (primary N) is 1. The summed E-state index contributed by atoms with van der Waals surface area (Å²) in [5, 5.41) is 11.3. The van der Waals surface area contributed by atoms with Crippen molar-refractivity contribution in [1.82, 2.24) is 5.32 Å². The zero-order valence-corrected chi connectivity index (χ0v) is 9.93. The zero-order valence-electron chi connectivity index (χ0n) is 9.93. The Morgan fingerprint density at radius 2 is 2.22 bits per heavy atom. The van der Waals surface area contributed by atoms with Crippen LogP contribution in [-0.2, 0) is 4.79 Å². The third-order valence-corrected chi connectivity index (χ3v) is 2.55. The number of amides is 1. The van der Waals surface area contributed by atoms with E-state index in [4.69, 9.17) is 17.3 Å². The van der Waals surface area contributed by atoms with E-state index < -0.39 is 17.9 Å². The van der Waals surface area contributed by atoms with E-state index in [0.717, 1.165) is 0 Å². The highest BCUT2D eigenvalue weighted by molar-refractivity contribution is 5.98. The van der Waals surface area contributed by atoms with E-state index in [0.29, 0.717) is 16.8 Å². The van der Waals surface area contributed by atoms with E-state index in [1.54, 1.807) is 25.1 Å². The van der Waals surface area contributed by atoms with E-state index in [2.05, 4.69) is 11.2 Å². The largest absolute Gasteiger partial charge is 0.480 e. The molecule has 0 radical (unpaired) electrons. The minimum Gasteiger partial charge on any atom is -0.480 e. The van der Waals surface area contributed by atoms with Crippen LogP contribution in [0.1, 0.15) is 22.3 Å². The number of hydrogen-bond donors (Lipinski definition) is 3. The number of rotatable bonds is 4. The van der Waals surface area contributed by atoms with Gasteiger partial charge in [0.15, 0.2) is 0 Å². The zero-order chi connectivity index (χ0) is 13.7. The van der Waals surface area contributed by atoms with Crippen LogP contribution in [0.15, 0.2) is 18.2 Å². The van der Waals surface area contributed by atoms with Gasteiger partial charge in [-0.2, -0.15) is 0 Å². The summed E-state index contributed by atoms with van der Waals surface area (Å²) < 4.78 is 0. The Kier molecular flexibility index (Phi) is 4.33. The van der Waals surface area contributed by atoms with Crippen molar-refractivity contribution in [3.63, 3.8) is 0 Å². The Morgan fingerprint density at radius 1 is 1.56 bits per heavy atom. The van der Waals surface area contributed by atoms with Crippen molar-refractivity contribution < 1.29 is 14.7 Å². The molecule has 0 aliphatic carbocycles. The van der Waals surface area contributed by atoms with Gasteiger partial charge in [0.25, 0.3) is 5.91 Å². The number of terminal acetylenes is 1. The topological polar surface area (TPSA) is 92.4 Å². The van der Waals surface area contributed by atoms with Crippen molar-refractivity contribution in [2.45, 2.75) is 19.4 Å². The molecule has 94 valence electrons. The van der Waals surface area contributed by atoms with Crippen molar-refractivity contribution in [3.05, 3.63) is 29.3 Å². The SMILES string of the molecule is C#CCC(NC(=O)c1cccc(N)c1C)C(=O)O. The summed E-state index contributed by atoms with van der Waals surface area (Å²) in [5.41, 5.74) is 7.11. The number of nitrogen functional groups attached to an aromatic ring is 1. The van der Waals surface area contributed by atoms with Crippen molar-refractivity contribution in [1.29, 1.82) is 0 Å². The normalized spacial score (nSPS) is 11.3. The molecule has 1 atom stereocenters. The van der Waals surface area contributed by atoms with Gasteiger partial charge in [0, 0.05) is 17.7 Å². The number of carboxylic acids is 1. The minimum atomic E-state index is -1.16. The summed E-state index contributed by atoms with van der Waals surface area (Å²) in [6, 6.07) is 3.79. The predicted octanol–water partition coefficient (Wildman–Crippen LogP) is 0.784. The van der Waals surface area contributed by atoms with Crippen LogP contribution in [0.3, 0.4) is 0 Å². The Bertz CT molecular complexity index is 517. The fourth-order valence-electron chi connectivity index (χ4n) is 1.45. The third kappa shape index (κ3) is 3.01. The molecule has 0 aliphatic heterocycles. The van der Waals surface area contributed by atoms with Crippen molar-refractivity contribution in [2.24, 2.45) is 0 Å². The van der Waals surface area contributed by atoms with Crippen LogP contribution in [0.2, 0.25) is 0 Å². The number of carbonyl (C=O) groups is 2. The maximum absolute atomic E-state index is 11.9. The molecule has 0 saturated heterocycles. The van der Waals surface area contributed by atoms with Crippen LogP contribution in [-0.4, -0.2) is 23.0 Å². The van der Waals surface area contributed by atoms with E-state index in [1.807, 2.05) is 0 Å². The molecule has 1 unspecified atom stereocenters. The Morgan fingerprint density at radius 3 is 2.78 bits per heavy atom. The number of carbonyl (C=O) groups excluding carboxylic acids is 1. The maximum Gasteiger partial charge on any atom is 0.327 e. The second kappa shape index (κ2) is 5.73. The molecular formula is C13H14N2O3. The molecule has 5 heteroatoms. The van der Waals surface area contributed by atoms with Crippen LogP contribution in [0.4, 0.5) is 5.69 Å². The number of carboxylic acid groups (broad SMARTS) is 1. The molecule has 1 amide bonds. The number of nitrogens with one attached hydrogen (secondary N) is 1. The predicted molar refractivity (Wildman–Crippen MR) is 67.9 cm³/mol. The van der Waals surface area contributed by atoms with Gasteiger partial charge in [-0.15, -0.1) is 12.3 Å². The Balaban J connectivity index is 2.91. The molecule has 0 spiro atoms. The highest BCUT2D eigenvalue weighted by Crippen LogP contribution is 2.15. The lowest BCUT2D eigenvalue weighted by atomic mass is 10.1. The second-order valence-electron chi connectivity index (χ2n) is 3.79. The van der Waals surface area contributed by atoms with Crippen LogP contribution in [0.25, 0.3) is 0 Å². The number of aliphatic carboxylic acids is 1. The lowest BCUT2D eigenvalue weighted by Crippen LogP contribution is -2.40. The molecule has 5 nitrogen and oxygen atoms in total. The van der Waals surface area contributed by atoms with Crippen molar-refractivity contribution in [3.8, 4) is 12.3 Å². The first kappa shape index (κ1) is 13.6. The summed E-state index contributed by atoms with van der Waals surface area (Å²) in [6.07, 6.45) is 4.98. The van der Waals surface area contributed by atoms with Gasteiger partial charge < -0.3 is 16.2 Å². The van der Waals surface area contributed by atoms with Gasteiger partial charge in [0.1, 0.15) is 6.04 Å². The fraction of sp³-hybridized carbons (Fsp3) is 0.231. The molecule has 18 heavy (non-hydrogen) atoms. The van der Waals surface area contributed by atoms with E-state index in [-0.39, 0.29) is 6.42 Å². The summed E-state index contributed by atoms with van der Waals surface area (Å²) in [5.74, 6) is 0.550. The van der Waals surface area contributed by atoms with Gasteiger partial charge in [-0.1, -0.05) is 6.07 Å². The van der Waals surface area contributed by atoms with Crippen molar-refractivity contribution in [2.75, 3.05) is 5.73 Å². The first-order valence-corrected chi connectivity index (χ1v) is 5.29. The van der Waals surface area contributed by atoms with Crippen LogP contribution in [0, 0.1) is 19.3 Å². The average molecular weight is 246 g/mol. The highest BCUT2D eigenvalue weighted by Gasteiger charge is 2.20. The number of benzene rings is 1. The van der Waals surface area contributed by atoms with Crippen LogP contribution < -0.4 is 11.1 Å². The summed E-state index contributed by atoms with van der Waals surface area (Å²) in [4.78, 5) is 22.8. The molecule has 1 aromatic carbocycles. The molecule has 0 bridgehead atoms. The second-order valence-corrected chi connectivity index (χ2v) is 3.79. The summed E-state index contributed by atoms with van der Waals surface area (Å²) in [7, 11) is 0. The lowest BCUT2D eigenvalue weighted by Gasteiger charge is -2.13. The molecular weight excluding hydrogens is 232 g/mol.